The molecule has 8 heteroatoms. The second-order valence-corrected chi connectivity index (χ2v) is 8.32. The molecule has 0 aliphatic carbocycles. The van der Waals surface area contributed by atoms with Gasteiger partial charge in [-0.15, -0.1) is 0 Å². The average molecular weight is 393 g/mol. The van der Waals surface area contributed by atoms with Crippen molar-refractivity contribution >= 4 is 17.7 Å². The van der Waals surface area contributed by atoms with Gasteiger partial charge in [0.05, 0.1) is 11.5 Å². The Morgan fingerprint density at radius 1 is 1.04 bits per heavy atom. The van der Waals surface area contributed by atoms with Crippen molar-refractivity contribution in [2.75, 3.05) is 32.7 Å². The predicted molar refractivity (Wildman–Crippen MR) is 98.4 cm³/mol. The van der Waals surface area contributed by atoms with Crippen molar-refractivity contribution in [2.24, 2.45) is 5.92 Å². The maximum Gasteiger partial charge on any atom is 0.256 e. The summed E-state index contributed by atoms with van der Waals surface area (Å²) >= 11 is 0. The Morgan fingerprint density at radius 3 is 2.18 bits per heavy atom. The van der Waals surface area contributed by atoms with Crippen molar-refractivity contribution in [1.29, 1.82) is 0 Å². The average Bonchev–Trinajstić information content (AvgIpc) is 3.03. The second kappa shape index (κ2) is 7.48. The zero-order valence-electron chi connectivity index (χ0n) is 16.4. The van der Waals surface area contributed by atoms with E-state index in [1.54, 1.807) is 9.80 Å². The van der Waals surface area contributed by atoms with Crippen LogP contribution in [-0.4, -0.2) is 70.7 Å². The first kappa shape index (κ1) is 20.2. The van der Waals surface area contributed by atoms with Gasteiger partial charge in [-0.25, -0.2) is 8.78 Å². The molecule has 0 spiro atoms. The van der Waals surface area contributed by atoms with Crippen LogP contribution in [0.2, 0.25) is 0 Å². The minimum atomic E-state index is -0.893. The standard InChI is InChI=1S/C20H25F2N3O3/c1-20(2,3)25-12-13(10-17(25)26)18(27)23-6-8-24(9-7-23)19(28)15-5-4-14(21)11-16(15)22/h4-5,11,13H,6-10,12H2,1-3H3. The number of likely N-dealkylation sites (tertiary alicyclic amines) is 1. The Morgan fingerprint density at radius 2 is 1.64 bits per heavy atom. The van der Waals surface area contributed by atoms with Crippen LogP contribution in [0.25, 0.3) is 0 Å². The Bertz CT molecular complexity index is 798. The van der Waals surface area contributed by atoms with E-state index in [0.29, 0.717) is 25.7 Å². The van der Waals surface area contributed by atoms with Crippen molar-refractivity contribution < 1.29 is 23.2 Å². The molecule has 2 heterocycles. The lowest BCUT2D eigenvalue weighted by Gasteiger charge is -2.36. The molecular weight excluding hydrogens is 368 g/mol. The smallest absolute Gasteiger partial charge is 0.256 e. The maximum absolute atomic E-state index is 13.8. The minimum absolute atomic E-state index is 0.0218. The quantitative estimate of drug-likeness (QED) is 0.771. The fourth-order valence-electron chi connectivity index (χ4n) is 3.74. The SMILES string of the molecule is CC(C)(C)N1CC(C(=O)N2CCN(C(=O)c3ccc(F)cc3F)CC2)CC1=O. The molecule has 3 amide bonds. The molecule has 1 aromatic rings. The van der Waals surface area contributed by atoms with Crippen molar-refractivity contribution in [2.45, 2.75) is 32.7 Å². The molecule has 152 valence electrons. The summed E-state index contributed by atoms with van der Waals surface area (Å²) in [7, 11) is 0. The number of benzene rings is 1. The van der Waals surface area contributed by atoms with Crippen molar-refractivity contribution in [3.8, 4) is 0 Å². The lowest BCUT2D eigenvalue weighted by molar-refractivity contribution is -0.137. The van der Waals surface area contributed by atoms with E-state index < -0.39 is 17.5 Å². The van der Waals surface area contributed by atoms with Crippen molar-refractivity contribution in [1.82, 2.24) is 14.7 Å². The summed E-state index contributed by atoms with van der Waals surface area (Å²) in [6.07, 6.45) is 0.204. The number of hydrogen-bond acceptors (Lipinski definition) is 3. The Labute approximate surface area is 163 Å². The molecule has 1 unspecified atom stereocenters. The number of carbonyl (C=O) groups excluding carboxylic acids is 3. The molecule has 2 fully saturated rings. The summed E-state index contributed by atoms with van der Waals surface area (Å²) < 4.78 is 26.9. The van der Waals surface area contributed by atoms with E-state index in [9.17, 15) is 23.2 Å². The van der Waals surface area contributed by atoms with E-state index in [0.717, 1.165) is 12.1 Å². The van der Waals surface area contributed by atoms with Gasteiger partial charge in [0.2, 0.25) is 11.8 Å². The molecule has 3 rings (SSSR count). The molecule has 0 aromatic heterocycles. The molecule has 2 aliphatic rings. The number of piperazine rings is 1. The molecule has 1 atom stereocenters. The van der Waals surface area contributed by atoms with Gasteiger partial charge in [0.25, 0.3) is 5.91 Å². The van der Waals surface area contributed by atoms with Gasteiger partial charge in [-0.3, -0.25) is 14.4 Å². The van der Waals surface area contributed by atoms with Crippen LogP contribution in [0.15, 0.2) is 18.2 Å². The fourth-order valence-corrected chi connectivity index (χ4v) is 3.74. The molecule has 0 bridgehead atoms. The summed E-state index contributed by atoms with van der Waals surface area (Å²) in [5, 5.41) is 0. The highest BCUT2D eigenvalue weighted by molar-refractivity contribution is 5.95. The highest BCUT2D eigenvalue weighted by Gasteiger charge is 2.41. The summed E-state index contributed by atoms with van der Waals surface area (Å²) in [6.45, 7) is 7.42. The third kappa shape index (κ3) is 4.00. The van der Waals surface area contributed by atoms with Crippen LogP contribution in [-0.2, 0) is 9.59 Å². The first-order valence-corrected chi connectivity index (χ1v) is 9.41. The highest BCUT2D eigenvalue weighted by atomic mass is 19.1. The summed E-state index contributed by atoms with van der Waals surface area (Å²) in [5.41, 5.74) is -0.500. The molecule has 2 saturated heterocycles. The lowest BCUT2D eigenvalue weighted by atomic mass is 10.1. The third-order valence-electron chi connectivity index (χ3n) is 5.32. The van der Waals surface area contributed by atoms with Crippen LogP contribution in [0.5, 0.6) is 0 Å². The number of amides is 3. The normalized spacial score (nSPS) is 20.7. The minimum Gasteiger partial charge on any atom is -0.339 e. The third-order valence-corrected chi connectivity index (χ3v) is 5.32. The predicted octanol–water partition coefficient (Wildman–Crippen LogP) is 1.90. The highest BCUT2D eigenvalue weighted by Crippen LogP contribution is 2.27. The lowest BCUT2D eigenvalue weighted by Crippen LogP contribution is -2.52. The van der Waals surface area contributed by atoms with Crippen molar-refractivity contribution in [3.63, 3.8) is 0 Å². The monoisotopic (exact) mass is 393 g/mol. The topological polar surface area (TPSA) is 60.9 Å². The molecule has 6 nitrogen and oxygen atoms in total. The Balaban J connectivity index is 1.59. The molecule has 2 aliphatic heterocycles. The van der Waals surface area contributed by atoms with Gasteiger partial charge in [0.15, 0.2) is 0 Å². The van der Waals surface area contributed by atoms with E-state index in [4.69, 9.17) is 0 Å². The first-order valence-electron chi connectivity index (χ1n) is 9.41. The number of carbonyl (C=O) groups is 3. The van der Waals surface area contributed by atoms with E-state index in [2.05, 4.69) is 0 Å². The van der Waals surface area contributed by atoms with Gasteiger partial charge >= 0.3 is 0 Å². The molecule has 0 saturated carbocycles. The second-order valence-electron chi connectivity index (χ2n) is 8.32. The summed E-state index contributed by atoms with van der Waals surface area (Å²) in [4.78, 5) is 42.3. The van der Waals surface area contributed by atoms with Gasteiger partial charge in [-0.1, -0.05) is 0 Å². The van der Waals surface area contributed by atoms with E-state index in [1.807, 2.05) is 20.8 Å². The molecule has 28 heavy (non-hydrogen) atoms. The number of halogens is 2. The first-order chi connectivity index (χ1) is 13.1. The van der Waals surface area contributed by atoms with Gasteiger partial charge in [0.1, 0.15) is 11.6 Å². The fraction of sp³-hybridized carbons (Fsp3) is 0.550. The maximum atomic E-state index is 13.8. The van der Waals surface area contributed by atoms with E-state index in [1.165, 1.54) is 4.90 Å². The van der Waals surface area contributed by atoms with Crippen LogP contribution in [0.1, 0.15) is 37.6 Å². The van der Waals surface area contributed by atoms with Crippen LogP contribution >= 0.6 is 0 Å². The van der Waals surface area contributed by atoms with Gasteiger partial charge in [0, 0.05) is 50.7 Å². The molecule has 1 aromatic carbocycles. The Kier molecular flexibility index (Phi) is 5.41. The van der Waals surface area contributed by atoms with Gasteiger partial charge in [-0.2, -0.15) is 0 Å². The van der Waals surface area contributed by atoms with E-state index >= 15 is 0 Å². The summed E-state index contributed by atoms with van der Waals surface area (Å²) in [6, 6.07) is 2.87. The molecule has 0 N–H and O–H groups in total. The molecular formula is C20H25F2N3O3. The van der Waals surface area contributed by atoms with E-state index in [-0.39, 0.29) is 48.3 Å². The van der Waals surface area contributed by atoms with Crippen molar-refractivity contribution in [3.05, 3.63) is 35.4 Å². The molecule has 0 radical (unpaired) electrons. The summed E-state index contributed by atoms with van der Waals surface area (Å²) in [5.74, 6) is -2.62. The van der Waals surface area contributed by atoms with Gasteiger partial charge < -0.3 is 14.7 Å². The zero-order valence-corrected chi connectivity index (χ0v) is 16.4. The van der Waals surface area contributed by atoms with Gasteiger partial charge in [-0.05, 0) is 32.9 Å². The van der Waals surface area contributed by atoms with Crippen LogP contribution in [0, 0.1) is 17.6 Å². The Hall–Kier alpha value is -2.51. The van der Waals surface area contributed by atoms with Crippen LogP contribution in [0.4, 0.5) is 8.78 Å². The largest absolute Gasteiger partial charge is 0.339 e. The number of hydrogen-bond donors (Lipinski definition) is 0. The van der Waals surface area contributed by atoms with Crippen LogP contribution in [0.3, 0.4) is 0 Å². The zero-order chi connectivity index (χ0) is 20.6. The number of nitrogens with zero attached hydrogens (tertiary/aromatic N) is 3. The van der Waals surface area contributed by atoms with Crippen LogP contribution < -0.4 is 0 Å². The number of rotatable bonds is 2.